The van der Waals surface area contributed by atoms with Gasteiger partial charge in [-0.3, -0.25) is 0 Å². The number of rotatable bonds is 0. The fraction of sp³-hybridized carbons (Fsp3) is 0.0667. The van der Waals surface area contributed by atoms with Crippen LogP contribution in [0.3, 0.4) is 0 Å². The van der Waals surface area contributed by atoms with Crippen molar-refractivity contribution < 1.29 is 0 Å². The summed E-state index contributed by atoms with van der Waals surface area (Å²) in [5.74, 6) is 0. The van der Waals surface area contributed by atoms with Crippen LogP contribution in [-0.2, 0) is 0 Å². The van der Waals surface area contributed by atoms with Crippen LogP contribution >= 0.6 is 0 Å². The van der Waals surface area contributed by atoms with Crippen LogP contribution in [0.2, 0.25) is 0 Å². The van der Waals surface area contributed by atoms with Gasteiger partial charge in [-0.05, 0) is 31.2 Å². The largest absolute Gasteiger partial charge is 0.324 e. The number of benzene rings is 1. The monoisotopic (exact) mass is 209 g/mol. The molecular formula is C15H15N. The molecule has 80 valence electrons. The first-order valence-corrected chi connectivity index (χ1v) is 5.39. The molecule has 3 aromatic rings. The van der Waals surface area contributed by atoms with Crippen LogP contribution in [0, 0.1) is 6.92 Å². The summed E-state index contributed by atoms with van der Waals surface area (Å²) in [6.07, 6.45) is 4.07. The van der Waals surface area contributed by atoms with Gasteiger partial charge in [-0.1, -0.05) is 42.0 Å². The molecule has 0 aliphatic rings. The van der Waals surface area contributed by atoms with Gasteiger partial charge >= 0.3 is 0 Å². The van der Waals surface area contributed by atoms with Crippen molar-refractivity contribution in [3.05, 3.63) is 78.6 Å². The van der Waals surface area contributed by atoms with E-state index < -0.39 is 0 Å². The van der Waals surface area contributed by atoms with E-state index in [4.69, 9.17) is 0 Å². The number of pyridine rings is 1. The van der Waals surface area contributed by atoms with Crippen LogP contribution in [0.15, 0.2) is 73.1 Å². The third-order valence-corrected chi connectivity index (χ3v) is 2.38. The lowest BCUT2D eigenvalue weighted by Gasteiger charge is -1.88. The van der Waals surface area contributed by atoms with Gasteiger partial charge in [-0.25, -0.2) is 0 Å². The maximum absolute atomic E-state index is 2.08. The molecule has 0 aliphatic heterocycles. The minimum absolute atomic E-state index is 1.25. The Morgan fingerprint density at radius 2 is 1.31 bits per heavy atom. The number of aromatic nitrogens is 1. The third-order valence-electron chi connectivity index (χ3n) is 2.38. The Hall–Kier alpha value is -2.02. The lowest BCUT2D eigenvalue weighted by molar-refractivity contribution is 1.20. The van der Waals surface area contributed by atoms with Crippen molar-refractivity contribution in [2.45, 2.75) is 6.92 Å². The second kappa shape index (κ2) is 5.17. The zero-order chi connectivity index (χ0) is 11.2. The highest BCUT2D eigenvalue weighted by Gasteiger charge is 1.83. The molecule has 0 bridgehead atoms. The highest BCUT2D eigenvalue weighted by Crippen LogP contribution is 2.01. The van der Waals surface area contributed by atoms with E-state index in [0.29, 0.717) is 0 Å². The first-order chi connectivity index (χ1) is 7.86. The number of fused-ring (bicyclic) bond motifs is 1. The molecule has 0 N–H and O–H groups in total. The van der Waals surface area contributed by atoms with E-state index in [0.717, 1.165) is 0 Å². The van der Waals surface area contributed by atoms with Gasteiger partial charge in [0, 0.05) is 17.9 Å². The summed E-state index contributed by atoms with van der Waals surface area (Å²) in [7, 11) is 0. The summed E-state index contributed by atoms with van der Waals surface area (Å²) < 4.78 is 2.08. The molecule has 0 saturated heterocycles. The Balaban J connectivity index is 0.000000125. The number of nitrogens with zero attached hydrogens (tertiary/aromatic N) is 1. The molecule has 0 fully saturated rings. The SMILES string of the molecule is Cc1ccccc1.c1ccn2cccc2c1. The molecule has 0 aliphatic carbocycles. The topological polar surface area (TPSA) is 4.41 Å². The van der Waals surface area contributed by atoms with Crippen molar-refractivity contribution in [3.63, 3.8) is 0 Å². The van der Waals surface area contributed by atoms with Crippen molar-refractivity contribution >= 4 is 5.52 Å². The fourth-order valence-corrected chi connectivity index (χ4v) is 1.51. The van der Waals surface area contributed by atoms with Gasteiger partial charge in [0.1, 0.15) is 0 Å². The molecule has 0 saturated carbocycles. The number of hydrogen-bond donors (Lipinski definition) is 0. The van der Waals surface area contributed by atoms with E-state index in [1.165, 1.54) is 11.1 Å². The van der Waals surface area contributed by atoms with Gasteiger partial charge in [0.2, 0.25) is 0 Å². The van der Waals surface area contributed by atoms with E-state index >= 15 is 0 Å². The lowest BCUT2D eigenvalue weighted by Crippen LogP contribution is -1.75. The van der Waals surface area contributed by atoms with Gasteiger partial charge in [-0.2, -0.15) is 0 Å². The second-order valence-corrected chi connectivity index (χ2v) is 3.70. The summed E-state index contributed by atoms with van der Waals surface area (Å²) in [6.45, 7) is 2.08. The van der Waals surface area contributed by atoms with Gasteiger partial charge in [-0.15, -0.1) is 0 Å². The summed E-state index contributed by atoms with van der Waals surface area (Å²) in [5, 5.41) is 0. The van der Waals surface area contributed by atoms with E-state index in [1.54, 1.807) is 0 Å². The molecule has 2 aromatic heterocycles. The molecule has 16 heavy (non-hydrogen) atoms. The average Bonchev–Trinajstić information content (AvgIpc) is 2.79. The fourth-order valence-electron chi connectivity index (χ4n) is 1.51. The molecule has 0 unspecified atom stereocenters. The van der Waals surface area contributed by atoms with Crippen LogP contribution in [0.25, 0.3) is 5.52 Å². The Morgan fingerprint density at radius 3 is 1.94 bits per heavy atom. The minimum Gasteiger partial charge on any atom is -0.324 e. The van der Waals surface area contributed by atoms with Crippen LogP contribution in [0.1, 0.15) is 5.56 Å². The Kier molecular flexibility index (Phi) is 3.39. The molecule has 2 heterocycles. The highest BCUT2D eigenvalue weighted by atomic mass is 14.8. The van der Waals surface area contributed by atoms with Crippen LogP contribution < -0.4 is 0 Å². The lowest BCUT2D eigenvalue weighted by atomic mass is 10.2. The van der Waals surface area contributed by atoms with Crippen LogP contribution in [-0.4, -0.2) is 4.40 Å². The number of aryl methyl sites for hydroxylation is 1. The highest BCUT2D eigenvalue weighted by molar-refractivity contribution is 5.46. The van der Waals surface area contributed by atoms with Crippen molar-refractivity contribution in [3.8, 4) is 0 Å². The van der Waals surface area contributed by atoms with Gasteiger partial charge in [0.05, 0.1) is 0 Å². The maximum Gasteiger partial charge on any atom is 0.0449 e. The van der Waals surface area contributed by atoms with Gasteiger partial charge < -0.3 is 4.40 Å². The first kappa shape index (κ1) is 10.5. The molecule has 3 rings (SSSR count). The Labute approximate surface area is 96.0 Å². The van der Waals surface area contributed by atoms with Crippen molar-refractivity contribution in [1.29, 1.82) is 0 Å². The summed E-state index contributed by atoms with van der Waals surface area (Å²) in [5.41, 5.74) is 2.57. The minimum atomic E-state index is 1.25. The normalized spacial score (nSPS) is 9.56. The van der Waals surface area contributed by atoms with E-state index in [1.807, 2.05) is 48.8 Å². The van der Waals surface area contributed by atoms with E-state index in [9.17, 15) is 0 Å². The maximum atomic E-state index is 2.08. The van der Waals surface area contributed by atoms with Crippen molar-refractivity contribution in [2.75, 3.05) is 0 Å². The Bertz CT molecular complexity index is 507. The summed E-state index contributed by atoms with van der Waals surface area (Å²) >= 11 is 0. The molecule has 1 aromatic carbocycles. The quantitative estimate of drug-likeness (QED) is 0.528. The molecule has 0 atom stereocenters. The van der Waals surface area contributed by atoms with Crippen LogP contribution in [0.4, 0.5) is 0 Å². The van der Waals surface area contributed by atoms with E-state index in [-0.39, 0.29) is 0 Å². The van der Waals surface area contributed by atoms with E-state index in [2.05, 4.69) is 35.6 Å². The third kappa shape index (κ3) is 2.74. The standard InChI is InChI=1S/C8H7N.C7H8/c1-2-6-9-7-3-5-8(9)4-1;1-7-5-3-2-4-6-7/h1-7H;2-6H,1H3. The van der Waals surface area contributed by atoms with Crippen LogP contribution in [0.5, 0.6) is 0 Å². The average molecular weight is 209 g/mol. The molecular weight excluding hydrogens is 194 g/mol. The smallest absolute Gasteiger partial charge is 0.0449 e. The molecule has 0 radical (unpaired) electrons. The summed E-state index contributed by atoms with van der Waals surface area (Å²) in [4.78, 5) is 0. The zero-order valence-corrected chi connectivity index (χ0v) is 9.38. The zero-order valence-electron chi connectivity index (χ0n) is 9.38. The van der Waals surface area contributed by atoms with Crippen molar-refractivity contribution in [2.24, 2.45) is 0 Å². The first-order valence-electron chi connectivity index (χ1n) is 5.39. The number of hydrogen-bond acceptors (Lipinski definition) is 0. The second-order valence-electron chi connectivity index (χ2n) is 3.70. The van der Waals surface area contributed by atoms with Gasteiger partial charge in [0.15, 0.2) is 0 Å². The molecule has 0 amide bonds. The molecule has 0 spiro atoms. The van der Waals surface area contributed by atoms with Crippen molar-refractivity contribution in [1.82, 2.24) is 4.40 Å². The summed E-state index contributed by atoms with van der Waals surface area (Å²) in [6, 6.07) is 20.5. The predicted molar refractivity (Wildman–Crippen MR) is 68.6 cm³/mol. The molecule has 1 nitrogen and oxygen atoms in total. The Morgan fingerprint density at radius 1 is 0.688 bits per heavy atom. The van der Waals surface area contributed by atoms with Gasteiger partial charge in [0.25, 0.3) is 0 Å². The predicted octanol–water partition coefficient (Wildman–Crippen LogP) is 3.93. The molecule has 1 heteroatoms.